The Kier molecular flexibility index (Phi) is 6.97. The lowest BCUT2D eigenvalue weighted by molar-refractivity contribution is -0.143. The van der Waals surface area contributed by atoms with Crippen LogP contribution in [0.25, 0.3) is 5.69 Å². The number of phenols is 1. The molecular formula is C24H23BrN4O7. The number of rotatable bonds is 5. The van der Waals surface area contributed by atoms with E-state index < -0.39 is 34.7 Å². The monoisotopic (exact) mass is 558 g/mol. The average Bonchev–Trinajstić information content (AvgIpc) is 2.83. The van der Waals surface area contributed by atoms with Gasteiger partial charge in [0, 0.05) is 13.1 Å². The third-order valence-electron chi connectivity index (χ3n) is 5.99. The van der Waals surface area contributed by atoms with Crippen LogP contribution in [0.2, 0.25) is 0 Å². The fourth-order valence-corrected chi connectivity index (χ4v) is 4.43. The first kappa shape index (κ1) is 25.2. The van der Waals surface area contributed by atoms with Crippen molar-refractivity contribution in [3.05, 3.63) is 72.5 Å². The molecule has 3 aromatic rings. The van der Waals surface area contributed by atoms with Crippen molar-refractivity contribution < 1.29 is 24.5 Å². The number of hydrogen-bond donors (Lipinski definition) is 3. The van der Waals surface area contributed by atoms with Crippen LogP contribution in [0.1, 0.15) is 34.5 Å². The molecule has 0 saturated carbocycles. The van der Waals surface area contributed by atoms with Crippen molar-refractivity contribution in [1.82, 2.24) is 19.7 Å². The number of aromatic hydroxyl groups is 1. The molecule has 1 amide bonds. The highest BCUT2D eigenvalue weighted by Gasteiger charge is 2.30. The minimum absolute atomic E-state index is 0.0752. The largest absolute Gasteiger partial charge is 0.507 e. The number of likely N-dealkylation sites (tertiary alicyclic amines) is 1. The number of benzene rings is 2. The zero-order valence-electron chi connectivity index (χ0n) is 19.4. The summed E-state index contributed by atoms with van der Waals surface area (Å²) in [6, 6.07) is 7.99. The van der Waals surface area contributed by atoms with Crippen LogP contribution in [0.3, 0.4) is 0 Å². The summed E-state index contributed by atoms with van der Waals surface area (Å²) in [7, 11) is 0. The van der Waals surface area contributed by atoms with Gasteiger partial charge in [-0.1, -0.05) is 0 Å². The molecule has 188 valence electrons. The van der Waals surface area contributed by atoms with Gasteiger partial charge in [0.25, 0.3) is 11.5 Å². The molecule has 11 nitrogen and oxygen atoms in total. The van der Waals surface area contributed by atoms with Gasteiger partial charge in [0.05, 0.1) is 16.1 Å². The predicted octanol–water partition coefficient (Wildman–Crippen LogP) is 2.73. The van der Waals surface area contributed by atoms with Gasteiger partial charge in [-0.15, -0.1) is 0 Å². The molecule has 2 heterocycles. The van der Waals surface area contributed by atoms with Gasteiger partial charge in [0.15, 0.2) is 0 Å². The van der Waals surface area contributed by atoms with E-state index in [1.54, 1.807) is 38.1 Å². The molecule has 0 bridgehead atoms. The summed E-state index contributed by atoms with van der Waals surface area (Å²) in [5, 5.41) is 22.9. The van der Waals surface area contributed by atoms with E-state index in [0.29, 0.717) is 32.8 Å². The highest BCUT2D eigenvalue weighted by molar-refractivity contribution is 9.10. The van der Waals surface area contributed by atoms with Crippen LogP contribution in [0.15, 0.2) is 44.4 Å². The van der Waals surface area contributed by atoms with E-state index in [2.05, 4.69) is 26.0 Å². The van der Waals surface area contributed by atoms with E-state index in [0.717, 1.165) is 4.68 Å². The minimum atomic E-state index is -0.914. The van der Waals surface area contributed by atoms with Crippen molar-refractivity contribution in [2.75, 3.05) is 13.1 Å². The Bertz CT molecular complexity index is 1450. The van der Waals surface area contributed by atoms with E-state index in [-0.39, 0.29) is 31.7 Å². The van der Waals surface area contributed by atoms with Crippen molar-refractivity contribution >= 4 is 27.8 Å². The Labute approximate surface area is 213 Å². The normalized spacial score (nSPS) is 14.0. The number of aromatic amines is 1. The van der Waals surface area contributed by atoms with Gasteiger partial charge in [-0.2, -0.15) is 9.78 Å². The lowest BCUT2D eigenvalue weighted by Gasteiger charge is -2.29. The summed E-state index contributed by atoms with van der Waals surface area (Å²) in [6.07, 6.45) is 0.548. The maximum Gasteiger partial charge on any atom is 0.349 e. The second-order valence-electron chi connectivity index (χ2n) is 8.55. The summed E-state index contributed by atoms with van der Waals surface area (Å²) in [6.45, 7) is 3.90. The number of carbonyl (C=O) groups excluding carboxylic acids is 1. The van der Waals surface area contributed by atoms with Crippen LogP contribution in [0.4, 0.5) is 0 Å². The topological polar surface area (TPSA) is 155 Å². The fourth-order valence-electron chi connectivity index (χ4n) is 4.07. The number of phenolic OH excluding ortho intramolecular Hbond substituents is 1. The van der Waals surface area contributed by atoms with E-state index in [4.69, 9.17) is 9.84 Å². The number of piperidine rings is 1. The molecule has 0 radical (unpaired) electrons. The third-order valence-corrected chi connectivity index (χ3v) is 6.63. The van der Waals surface area contributed by atoms with Crippen molar-refractivity contribution in [2.45, 2.75) is 26.7 Å². The Morgan fingerprint density at radius 1 is 1.11 bits per heavy atom. The molecule has 36 heavy (non-hydrogen) atoms. The smallest absolute Gasteiger partial charge is 0.349 e. The van der Waals surface area contributed by atoms with Gasteiger partial charge in [-0.25, -0.2) is 4.79 Å². The van der Waals surface area contributed by atoms with Crippen molar-refractivity contribution in [3.8, 4) is 22.9 Å². The lowest BCUT2D eigenvalue weighted by Crippen LogP contribution is -2.44. The lowest BCUT2D eigenvalue weighted by atomic mass is 9.97. The van der Waals surface area contributed by atoms with Crippen LogP contribution in [-0.4, -0.2) is 54.8 Å². The van der Waals surface area contributed by atoms with E-state index >= 15 is 0 Å². The molecule has 0 spiro atoms. The van der Waals surface area contributed by atoms with Crippen molar-refractivity contribution in [2.24, 2.45) is 5.92 Å². The maximum atomic E-state index is 13.0. The zero-order valence-corrected chi connectivity index (χ0v) is 21.0. The Morgan fingerprint density at radius 3 is 2.33 bits per heavy atom. The predicted molar refractivity (Wildman–Crippen MR) is 132 cm³/mol. The van der Waals surface area contributed by atoms with Crippen molar-refractivity contribution in [3.63, 3.8) is 0 Å². The molecule has 3 N–H and O–H groups in total. The number of carboxylic acids is 1. The molecule has 1 aliphatic heterocycles. The second kappa shape index (κ2) is 9.97. The fraction of sp³-hybridized carbons (Fsp3) is 0.292. The Morgan fingerprint density at radius 2 is 1.75 bits per heavy atom. The van der Waals surface area contributed by atoms with E-state index in [9.17, 15) is 24.3 Å². The summed E-state index contributed by atoms with van der Waals surface area (Å²) in [4.78, 5) is 52.6. The summed E-state index contributed by atoms with van der Waals surface area (Å²) >= 11 is 3.25. The van der Waals surface area contributed by atoms with Gasteiger partial charge in [-0.3, -0.25) is 19.4 Å². The van der Waals surface area contributed by atoms with Gasteiger partial charge >= 0.3 is 11.7 Å². The molecule has 1 aliphatic rings. The molecule has 1 saturated heterocycles. The van der Waals surface area contributed by atoms with Crippen LogP contribution in [0.5, 0.6) is 17.2 Å². The molecule has 0 aliphatic carbocycles. The number of nitrogens with one attached hydrogen (secondary N) is 1. The molecule has 0 atom stereocenters. The van der Waals surface area contributed by atoms with Gasteiger partial charge in [0.2, 0.25) is 5.69 Å². The molecule has 4 rings (SSSR count). The first-order valence-electron chi connectivity index (χ1n) is 11.1. The second-order valence-corrected chi connectivity index (χ2v) is 9.40. The third kappa shape index (κ3) is 5.03. The number of aryl methyl sites for hydroxylation is 2. The molecule has 2 aromatic carbocycles. The number of H-pyrrole nitrogens is 1. The van der Waals surface area contributed by atoms with Crippen LogP contribution < -0.4 is 16.0 Å². The number of ether oxygens (including phenoxy) is 1. The standard InChI is InChI=1S/C24H23BrN4O7/c1-12-9-15(10-13(2)20(12)36-16-3-4-18(30)17(25)11-16)29-24(35)26-21(31)19(27-29)22(32)28-7-5-14(6-8-28)23(33)34/h3-4,9-11,14,30H,5-8H2,1-2H3,(H,33,34)(H,26,31,35). The summed E-state index contributed by atoms with van der Waals surface area (Å²) < 4.78 is 7.39. The highest BCUT2D eigenvalue weighted by atomic mass is 79.9. The maximum absolute atomic E-state index is 13.0. The number of carboxylic acid groups (broad SMARTS) is 1. The Hall–Kier alpha value is -3.93. The van der Waals surface area contributed by atoms with Crippen LogP contribution in [-0.2, 0) is 4.79 Å². The SMILES string of the molecule is Cc1cc(-n2nc(C(=O)N3CCC(C(=O)O)CC3)c(=O)[nH]c2=O)cc(C)c1Oc1ccc(O)c(Br)c1. The number of carbonyl (C=O) groups is 2. The quantitative estimate of drug-likeness (QED) is 0.431. The molecule has 0 unspecified atom stereocenters. The molecule has 1 aromatic heterocycles. The van der Waals surface area contributed by atoms with Gasteiger partial charge in [-0.05, 0) is 84.1 Å². The summed E-state index contributed by atoms with van der Waals surface area (Å²) in [5.74, 6) is -1.03. The number of aliphatic carboxylic acids is 1. The first-order valence-corrected chi connectivity index (χ1v) is 11.9. The van der Waals surface area contributed by atoms with Crippen LogP contribution in [0, 0.1) is 19.8 Å². The van der Waals surface area contributed by atoms with E-state index in [1.165, 1.54) is 11.0 Å². The number of halogens is 1. The first-order chi connectivity index (χ1) is 17.0. The van der Waals surface area contributed by atoms with Gasteiger partial charge < -0.3 is 19.8 Å². The number of aromatic nitrogens is 3. The highest BCUT2D eigenvalue weighted by Crippen LogP contribution is 2.34. The summed E-state index contributed by atoms with van der Waals surface area (Å²) in [5.41, 5.74) is -0.517. The molecule has 12 heteroatoms. The minimum Gasteiger partial charge on any atom is -0.507 e. The van der Waals surface area contributed by atoms with Crippen molar-refractivity contribution in [1.29, 1.82) is 0 Å². The number of nitrogens with zero attached hydrogens (tertiary/aromatic N) is 3. The average molecular weight is 559 g/mol. The molecule has 1 fully saturated rings. The van der Waals surface area contributed by atoms with Gasteiger partial charge in [0.1, 0.15) is 17.2 Å². The zero-order chi connectivity index (χ0) is 26.1. The number of hydrogen-bond acceptors (Lipinski definition) is 7. The molecular weight excluding hydrogens is 536 g/mol. The van der Waals surface area contributed by atoms with Crippen LogP contribution >= 0.6 is 15.9 Å². The Balaban J connectivity index is 1.64. The van der Waals surface area contributed by atoms with E-state index in [1.807, 2.05) is 0 Å². The number of amides is 1.